The van der Waals surface area contributed by atoms with E-state index in [1.165, 1.54) is 19.3 Å². The van der Waals surface area contributed by atoms with Crippen LogP contribution >= 0.6 is 0 Å². The van der Waals surface area contributed by atoms with E-state index in [1.54, 1.807) is 0 Å². The molecule has 2 fully saturated rings. The average Bonchev–Trinajstić information content (AvgIpc) is 3.24. The third-order valence-corrected chi connectivity index (χ3v) is 7.78. The summed E-state index contributed by atoms with van der Waals surface area (Å²) >= 11 is 0. The van der Waals surface area contributed by atoms with Crippen molar-refractivity contribution >= 4 is 5.91 Å². The highest BCUT2D eigenvalue weighted by atomic mass is 16.1. The Balaban J connectivity index is 1.57. The summed E-state index contributed by atoms with van der Waals surface area (Å²) in [5.74, 6) is -0.0685. The Morgan fingerprint density at radius 2 is 1.45 bits per heavy atom. The van der Waals surface area contributed by atoms with Crippen LogP contribution in [0.5, 0.6) is 0 Å². The lowest BCUT2D eigenvalue weighted by atomic mass is 9.64. The molecule has 2 aliphatic heterocycles. The summed E-state index contributed by atoms with van der Waals surface area (Å²) in [6.07, 6.45) is 4.94. The van der Waals surface area contributed by atoms with Crippen LogP contribution in [0.3, 0.4) is 0 Å². The molecule has 4 heteroatoms. The molecule has 0 aliphatic carbocycles. The molecule has 31 heavy (non-hydrogen) atoms. The van der Waals surface area contributed by atoms with Crippen molar-refractivity contribution in [1.82, 2.24) is 9.80 Å². The molecule has 2 aliphatic rings. The minimum absolute atomic E-state index is 0.172. The summed E-state index contributed by atoms with van der Waals surface area (Å²) in [5.41, 5.74) is 7.46. The number of hydrogen-bond acceptors (Lipinski definition) is 3. The van der Waals surface area contributed by atoms with Gasteiger partial charge in [-0.05, 0) is 56.7 Å². The molecule has 2 saturated heterocycles. The molecule has 3 atom stereocenters. The molecule has 1 amide bonds. The van der Waals surface area contributed by atoms with Gasteiger partial charge in [0.25, 0.3) is 0 Å². The van der Waals surface area contributed by atoms with E-state index in [4.69, 9.17) is 5.73 Å². The lowest BCUT2D eigenvalue weighted by Crippen LogP contribution is -2.50. The van der Waals surface area contributed by atoms with E-state index in [9.17, 15) is 4.79 Å². The van der Waals surface area contributed by atoms with Crippen LogP contribution in [0.25, 0.3) is 0 Å². The van der Waals surface area contributed by atoms with Gasteiger partial charge in [0.15, 0.2) is 0 Å². The Morgan fingerprint density at radius 3 is 1.97 bits per heavy atom. The summed E-state index contributed by atoms with van der Waals surface area (Å²) in [7, 11) is 0. The summed E-state index contributed by atoms with van der Waals surface area (Å²) in [4.78, 5) is 18.4. The Kier molecular flexibility index (Phi) is 6.78. The van der Waals surface area contributed by atoms with Crippen LogP contribution in [-0.4, -0.2) is 54.0 Å². The first kappa shape index (κ1) is 22.0. The molecule has 2 N–H and O–H groups in total. The van der Waals surface area contributed by atoms with Gasteiger partial charge >= 0.3 is 0 Å². The standard InChI is InChI=1S/C27H37N3O/c1-21-10-9-11-22(2)30(21)19-18-29-17-16-25(20-29)27(26(28)31,23-12-5-3-6-13-23)24-14-7-4-8-15-24/h3-8,12-15,21-22,25H,9-11,16-20H2,1-2H3,(H2,28,31). The van der Waals surface area contributed by atoms with Crippen molar-refractivity contribution < 1.29 is 4.79 Å². The van der Waals surface area contributed by atoms with E-state index in [-0.39, 0.29) is 11.8 Å². The monoisotopic (exact) mass is 419 g/mol. The number of nitrogens with two attached hydrogens (primary N) is 1. The Labute approximate surface area is 187 Å². The number of piperidine rings is 1. The van der Waals surface area contributed by atoms with Crippen LogP contribution in [0.1, 0.15) is 50.7 Å². The Morgan fingerprint density at radius 1 is 0.903 bits per heavy atom. The second-order valence-corrected chi connectivity index (χ2v) is 9.56. The molecule has 2 aromatic carbocycles. The van der Waals surface area contributed by atoms with Gasteiger partial charge in [-0.2, -0.15) is 0 Å². The van der Waals surface area contributed by atoms with Crippen LogP contribution < -0.4 is 5.73 Å². The molecule has 2 heterocycles. The maximum Gasteiger partial charge on any atom is 0.232 e. The van der Waals surface area contributed by atoms with E-state index in [0.717, 1.165) is 43.7 Å². The third-order valence-electron chi connectivity index (χ3n) is 7.78. The third kappa shape index (κ3) is 4.28. The molecule has 166 valence electrons. The highest BCUT2D eigenvalue weighted by molar-refractivity contribution is 5.91. The lowest BCUT2D eigenvalue weighted by Gasteiger charge is -2.40. The Bertz CT molecular complexity index is 804. The first-order chi connectivity index (χ1) is 15.0. The fourth-order valence-electron chi connectivity index (χ4n) is 6.09. The molecule has 4 nitrogen and oxygen atoms in total. The highest BCUT2D eigenvalue weighted by Gasteiger charge is 2.49. The molecule has 0 bridgehead atoms. The van der Waals surface area contributed by atoms with Gasteiger partial charge < -0.3 is 10.6 Å². The first-order valence-electron chi connectivity index (χ1n) is 11.9. The Hall–Kier alpha value is -2.17. The van der Waals surface area contributed by atoms with Gasteiger partial charge in [0.05, 0.1) is 0 Å². The second-order valence-electron chi connectivity index (χ2n) is 9.56. The van der Waals surface area contributed by atoms with Crippen molar-refractivity contribution in [3.63, 3.8) is 0 Å². The lowest BCUT2D eigenvalue weighted by molar-refractivity contribution is -0.123. The number of hydrogen-bond donors (Lipinski definition) is 1. The summed E-state index contributed by atoms with van der Waals surface area (Å²) < 4.78 is 0. The summed E-state index contributed by atoms with van der Waals surface area (Å²) in [6.45, 7) is 8.83. The maximum atomic E-state index is 13.2. The molecule has 2 aromatic rings. The average molecular weight is 420 g/mol. The van der Waals surface area contributed by atoms with Crippen molar-refractivity contribution in [2.75, 3.05) is 26.2 Å². The van der Waals surface area contributed by atoms with Gasteiger partial charge in [-0.3, -0.25) is 9.69 Å². The van der Waals surface area contributed by atoms with Gasteiger partial charge in [0.2, 0.25) is 5.91 Å². The molecule has 3 unspecified atom stereocenters. The number of rotatable bonds is 7. The van der Waals surface area contributed by atoms with Crippen LogP contribution in [0.2, 0.25) is 0 Å². The normalized spacial score (nSPS) is 25.5. The van der Waals surface area contributed by atoms with Crippen molar-refractivity contribution in [3.05, 3.63) is 71.8 Å². The number of primary amides is 1. The smallest absolute Gasteiger partial charge is 0.232 e. The van der Waals surface area contributed by atoms with Crippen LogP contribution in [0.4, 0.5) is 0 Å². The number of benzene rings is 2. The predicted molar refractivity (Wildman–Crippen MR) is 127 cm³/mol. The minimum Gasteiger partial charge on any atom is -0.369 e. The zero-order valence-electron chi connectivity index (χ0n) is 19.0. The number of carbonyl (C=O) groups excluding carboxylic acids is 1. The van der Waals surface area contributed by atoms with Crippen LogP contribution in [0.15, 0.2) is 60.7 Å². The van der Waals surface area contributed by atoms with Crippen LogP contribution in [0, 0.1) is 5.92 Å². The summed E-state index contributed by atoms with van der Waals surface area (Å²) in [6, 6.07) is 21.7. The van der Waals surface area contributed by atoms with E-state index in [0.29, 0.717) is 12.1 Å². The number of amides is 1. The number of carbonyl (C=O) groups is 1. The van der Waals surface area contributed by atoms with E-state index >= 15 is 0 Å². The van der Waals surface area contributed by atoms with Crippen molar-refractivity contribution in [3.8, 4) is 0 Å². The van der Waals surface area contributed by atoms with E-state index < -0.39 is 5.41 Å². The summed E-state index contributed by atoms with van der Waals surface area (Å²) in [5, 5.41) is 0. The van der Waals surface area contributed by atoms with E-state index in [1.807, 2.05) is 36.4 Å². The van der Waals surface area contributed by atoms with Gasteiger partial charge in [-0.25, -0.2) is 0 Å². The van der Waals surface area contributed by atoms with Crippen molar-refractivity contribution in [2.24, 2.45) is 11.7 Å². The minimum atomic E-state index is -0.789. The van der Waals surface area contributed by atoms with Gasteiger partial charge in [0.1, 0.15) is 5.41 Å². The largest absolute Gasteiger partial charge is 0.369 e. The predicted octanol–water partition coefficient (Wildman–Crippen LogP) is 4.04. The number of nitrogens with zero attached hydrogens (tertiary/aromatic N) is 2. The molecular weight excluding hydrogens is 382 g/mol. The number of likely N-dealkylation sites (tertiary alicyclic amines) is 2. The molecular formula is C27H37N3O. The molecule has 0 spiro atoms. The highest BCUT2D eigenvalue weighted by Crippen LogP contribution is 2.43. The quantitative estimate of drug-likeness (QED) is 0.737. The molecule has 0 radical (unpaired) electrons. The van der Waals surface area contributed by atoms with E-state index in [2.05, 4.69) is 47.9 Å². The SMILES string of the molecule is CC1CCCC(C)N1CCN1CCC(C(C(N)=O)(c2ccccc2)c2ccccc2)C1. The molecule has 4 rings (SSSR count). The van der Waals surface area contributed by atoms with Crippen LogP contribution in [-0.2, 0) is 10.2 Å². The van der Waals surface area contributed by atoms with Crippen molar-refractivity contribution in [2.45, 2.75) is 57.0 Å². The van der Waals surface area contributed by atoms with Gasteiger partial charge in [0, 0.05) is 31.7 Å². The topological polar surface area (TPSA) is 49.6 Å². The van der Waals surface area contributed by atoms with Crippen molar-refractivity contribution in [1.29, 1.82) is 0 Å². The zero-order chi connectivity index (χ0) is 21.8. The zero-order valence-corrected chi connectivity index (χ0v) is 19.0. The molecule has 0 aromatic heterocycles. The fourth-order valence-corrected chi connectivity index (χ4v) is 6.09. The van der Waals surface area contributed by atoms with Gasteiger partial charge in [-0.1, -0.05) is 67.1 Å². The first-order valence-corrected chi connectivity index (χ1v) is 11.9. The fraction of sp³-hybridized carbons (Fsp3) is 0.519. The second kappa shape index (κ2) is 9.54. The maximum absolute atomic E-state index is 13.2. The molecule has 0 saturated carbocycles. The van der Waals surface area contributed by atoms with Gasteiger partial charge in [-0.15, -0.1) is 0 Å².